The Kier molecular flexibility index (Phi) is 3.48. The lowest BCUT2D eigenvalue weighted by Crippen LogP contribution is -2.45. The van der Waals surface area contributed by atoms with E-state index in [0.29, 0.717) is 6.54 Å². The molecule has 0 heterocycles. The molecule has 3 N–H and O–H groups in total. The summed E-state index contributed by atoms with van der Waals surface area (Å²) in [6.45, 7) is 4.36. The fraction of sp³-hybridized carbons (Fsp3) is 0.857. The Morgan fingerprint density at radius 3 is 2.36 bits per heavy atom. The van der Waals surface area contributed by atoms with Gasteiger partial charge in [-0.3, -0.25) is 9.69 Å². The first-order valence-corrected chi connectivity index (χ1v) is 3.50. The fourth-order valence-corrected chi connectivity index (χ4v) is 0.982. The van der Waals surface area contributed by atoms with Crippen molar-refractivity contribution < 1.29 is 9.90 Å². The number of nitrogens with zero attached hydrogens (tertiary/aromatic N) is 1. The topological polar surface area (TPSA) is 66.6 Å². The number of hydrogen-bond acceptors (Lipinski definition) is 3. The Hall–Kier alpha value is -0.610. The van der Waals surface area contributed by atoms with Crippen molar-refractivity contribution in [2.45, 2.75) is 19.4 Å². The van der Waals surface area contributed by atoms with E-state index in [9.17, 15) is 4.79 Å². The summed E-state index contributed by atoms with van der Waals surface area (Å²) in [6, 6.07) is 0. The van der Waals surface area contributed by atoms with Gasteiger partial charge in [0, 0.05) is 12.1 Å². The molecule has 4 nitrogen and oxygen atoms in total. The van der Waals surface area contributed by atoms with E-state index in [1.807, 2.05) is 13.8 Å². The summed E-state index contributed by atoms with van der Waals surface area (Å²) in [5, 5.41) is 8.40. The van der Waals surface area contributed by atoms with E-state index < -0.39 is 5.97 Å². The Bertz CT molecular complexity index is 140. The summed E-state index contributed by atoms with van der Waals surface area (Å²) in [4.78, 5) is 11.9. The standard InChI is InChI=1S/C7H16N2O2/c1-7(2,8)5-9(3)4-6(10)11/h4-5,8H2,1-3H3,(H,10,11). The Labute approximate surface area is 67.0 Å². The lowest BCUT2D eigenvalue weighted by Gasteiger charge is -2.24. The van der Waals surface area contributed by atoms with Gasteiger partial charge >= 0.3 is 5.97 Å². The van der Waals surface area contributed by atoms with E-state index in [4.69, 9.17) is 10.8 Å². The Balaban J connectivity index is 3.69. The molecule has 0 aromatic heterocycles. The minimum absolute atomic E-state index is 0.0423. The number of carbonyl (C=O) groups is 1. The van der Waals surface area contributed by atoms with Gasteiger partial charge in [0.1, 0.15) is 0 Å². The SMILES string of the molecule is CN(CC(=O)O)CC(C)(C)N. The fourth-order valence-electron chi connectivity index (χ4n) is 0.982. The maximum Gasteiger partial charge on any atom is 0.317 e. The zero-order chi connectivity index (χ0) is 9.07. The highest BCUT2D eigenvalue weighted by molar-refractivity contribution is 5.69. The van der Waals surface area contributed by atoms with Crippen LogP contribution in [0.15, 0.2) is 0 Å². The van der Waals surface area contributed by atoms with Crippen LogP contribution >= 0.6 is 0 Å². The molecule has 0 amide bonds. The van der Waals surface area contributed by atoms with E-state index in [0.717, 1.165) is 0 Å². The molecule has 0 bridgehead atoms. The smallest absolute Gasteiger partial charge is 0.317 e. The number of aliphatic carboxylic acids is 1. The van der Waals surface area contributed by atoms with Gasteiger partial charge in [-0.2, -0.15) is 0 Å². The van der Waals surface area contributed by atoms with Crippen molar-refractivity contribution in [1.82, 2.24) is 4.90 Å². The zero-order valence-electron chi connectivity index (χ0n) is 7.29. The molecule has 0 unspecified atom stereocenters. The third-order valence-corrected chi connectivity index (χ3v) is 1.08. The predicted octanol–water partition coefficient (Wildman–Crippen LogP) is -0.260. The highest BCUT2D eigenvalue weighted by Crippen LogP contribution is 1.98. The molecular weight excluding hydrogens is 144 g/mol. The van der Waals surface area contributed by atoms with Crippen LogP contribution in [-0.4, -0.2) is 41.7 Å². The molecule has 0 radical (unpaired) electrons. The van der Waals surface area contributed by atoms with E-state index in [-0.39, 0.29) is 12.1 Å². The van der Waals surface area contributed by atoms with Gasteiger partial charge in [0.05, 0.1) is 6.54 Å². The second-order valence-electron chi connectivity index (χ2n) is 3.55. The summed E-state index contributed by atoms with van der Waals surface area (Å²) in [7, 11) is 1.74. The first-order valence-electron chi connectivity index (χ1n) is 3.50. The quantitative estimate of drug-likeness (QED) is 0.594. The van der Waals surface area contributed by atoms with Crippen LogP contribution in [0.25, 0.3) is 0 Å². The van der Waals surface area contributed by atoms with Crippen molar-refractivity contribution in [1.29, 1.82) is 0 Å². The molecule has 0 aromatic rings. The van der Waals surface area contributed by atoms with Crippen LogP contribution in [0.4, 0.5) is 0 Å². The van der Waals surface area contributed by atoms with Gasteiger partial charge in [-0.1, -0.05) is 0 Å². The van der Waals surface area contributed by atoms with Gasteiger partial charge in [0.2, 0.25) is 0 Å². The molecule has 0 rings (SSSR count). The molecule has 4 heteroatoms. The van der Waals surface area contributed by atoms with Gasteiger partial charge in [-0.05, 0) is 20.9 Å². The number of nitrogens with two attached hydrogens (primary N) is 1. The normalized spacial score (nSPS) is 12.1. The second kappa shape index (κ2) is 3.69. The third-order valence-electron chi connectivity index (χ3n) is 1.08. The monoisotopic (exact) mass is 160 g/mol. The number of carboxylic acids is 1. The maximum atomic E-state index is 10.2. The van der Waals surface area contributed by atoms with E-state index in [2.05, 4.69) is 0 Å². The second-order valence-corrected chi connectivity index (χ2v) is 3.55. The molecule has 0 saturated heterocycles. The molecule has 11 heavy (non-hydrogen) atoms. The van der Waals surface area contributed by atoms with Gasteiger partial charge in [0.25, 0.3) is 0 Å². The van der Waals surface area contributed by atoms with Crippen LogP contribution in [0, 0.1) is 0 Å². The van der Waals surface area contributed by atoms with E-state index in [1.54, 1.807) is 11.9 Å². The van der Waals surface area contributed by atoms with E-state index in [1.165, 1.54) is 0 Å². The van der Waals surface area contributed by atoms with Crippen molar-refractivity contribution >= 4 is 5.97 Å². The van der Waals surface area contributed by atoms with Crippen LogP contribution in [0.2, 0.25) is 0 Å². The van der Waals surface area contributed by atoms with Gasteiger partial charge in [-0.15, -0.1) is 0 Å². The molecule has 0 aliphatic rings. The first-order chi connectivity index (χ1) is 4.81. The van der Waals surface area contributed by atoms with Crippen LogP contribution in [0.5, 0.6) is 0 Å². The molecule has 0 atom stereocenters. The average Bonchev–Trinajstić information content (AvgIpc) is 1.53. The summed E-state index contributed by atoms with van der Waals surface area (Å²) < 4.78 is 0. The van der Waals surface area contributed by atoms with Crippen molar-refractivity contribution in [3.05, 3.63) is 0 Å². The molecule has 0 aliphatic heterocycles. The molecular formula is C7H16N2O2. The van der Waals surface area contributed by atoms with Crippen molar-refractivity contribution in [3.8, 4) is 0 Å². The summed E-state index contributed by atoms with van der Waals surface area (Å²) >= 11 is 0. The Morgan fingerprint density at radius 1 is 1.64 bits per heavy atom. The first kappa shape index (κ1) is 10.4. The van der Waals surface area contributed by atoms with Crippen molar-refractivity contribution in [3.63, 3.8) is 0 Å². The zero-order valence-corrected chi connectivity index (χ0v) is 7.29. The Morgan fingerprint density at radius 2 is 2.09 bits per heavy atom. The number of likely N-dealkylation sites (N-methyl/N-ethyl adjacent to an activating group) is 1. The lowest BCUT2D eigenvalue weighted by molar-refractivity contribution is -0.138. The summed E-state index contributed by atoms with van der Waals surface area (Å²) in [6.07, 6.45) is 0. The van der Waals surface area contributed by atoms with Crippen LogP contribution < -0.4 is 5.73 Å². The molecule has 0 spiro atoms. The minimum atomic E-state index is -0.822. The average molecular weight is 160 g/mol. The maximum absolute atomic E-state index is 10.2. The van der Waals surface area contributed by atoms with Gasteiger partial charge in [0.15, 0.2) is 0 Å². The molecule has 0 saturated carbocycles. The highest BCUT2D eigenvalue weighted by atomic mass is 16.4. The van der Waals surface area contributed by atoms with Gasteiger partial charge in [-0.25, -0.2) is 0 Å². The molecule has 0 fully saturated rings. The molecule has 0 aromatic carbocycles. The largest absolute Gasteiger partial charge is 0.480 e. The number of carboxylic acid groups (broad SMARTS) is 1. The predicted molar refractivity (Wildman–Crippen MR) is 43.4 cm³/mol. The highest BCUT2D eigenvalue weighted by Gasteiger charge is 2.14. The van der Waals surface area contributed by atoms with Crippen LogP contribution in [0.1, 0.15) is 13.8 Å². The molecule has 0 aliphatic carbocycles. The van der Waals surface area contributed by atoms with Crippen molar-refractivity contribution in [2.24, 2.45) is 5.73 Å². The minimum Gasteiger partial charge on any atom is -0.480 e. The van der Waals surface area contributed by atoms with Gasteiger partial charge < -0.3 is 10.8 Å². The molecule has 66 valence electrons. The summed E-state index contributed by atoms with van der Waals surface area (Å²) in [5.41, 5.74) is 5.35. The number of rotatable bonds is 4. The summed E-state index contributed by atoms with van der Waals surface area (Å²) in [5.74, 6) is -0.822. The van der Waals surface area contributed by atoms with Crippen LogP contribution in [-0.2, 0) is 4.79 Å². The van der Waals surface area contributed by atoms with Crippen molar-refractivity contribution in [2.75, 3.05) is 20.1 Å². The van der Waals surface area contributed by atoms with E-state index >= 15 is 0 Å². The third kappa shape index (κ3) is 7.29. The van der Waals surface area contributed by atoms with Crippen LogP contribution in [0.3, 0.4) is 0 Å². The lowest BCUT2D eigenvalue weighted by atomic mass is 10.1. The number of hydrogen-bond donors (Lipinski definition) is 2.